The summed E-state index contributed by atoms with van der Waals surface area (Å²) < 4.78 is 0. The summed E-state index contributed by atoms with van der Waals surface area (Å²) in [4.78, 5) is 4.26. The molecule has 0 aliphatic rings. The quantitative estimate of drug-likeness (QED) is 0.510. The van der Waals surface area contributed by atoms with Crippen molar-refractivity contribution in [3.05, 3.63) is 24.0 Å². The topological polar surface area (TPSA) is 50.4 Å². The Hall–Kier alpha value is -0.660. The number of nitrogens with one attached hydrogen (secondary N) is 1. The second-order valence-electron chi connectivity index (χ2n) is 2.13. The summed E-state index contributed by atoms with van der Waals surface area (Å²) >= 11 is 0. The number of nitrogens with zero attached hydrogens (tertiary/aromatic N) is 1. The van der Waals surface area contributed by atoms with Crippen molar-refractivity contribution in [2.45, 2.75) is 13.8 Å². The highest BCUT2D eigenvalue weighted by Crippen LogP contribution is 1.95. The number of hydrogen-bond acceptors (Lipinski definition) is 3. The van der Waals surface area contributed by atoms with Crippen LogP contribution in [0.15, 0.2) is 29.0 Å². The molecular formula is C8H16N3P. The van der Waals surface area contributed by atoms with Crippen LogP contribution in [0.1, 0.15) is 13.8 Å². The molecule has 0 bridgehead atoms. The van der Waals surface area contributed by atoms with E-state index in [-0.39, 0.29) is 0 Å². The number of aliphatic imine (C=N–C) groups is 1. The van der Waals surface area contributed by atoms with Crippen molar-refractivity contribution in [1.29, 1.82) is 0 Å². The van der Waals surface area contributed by atoms with Crippen LogP contribution < -0.4 is 10.8 Å². The van der Waals surface area contributed by atoms with Crippen LogP contribution in [0.25, 0.3) is 0 Å². The Labute approximate surface area is 76.1 Å². The summed E-state index contributed by atoms with van der Waals surface area (Å²) in [5, 5.41) is 2.88. The standard InChI is InChI=1S/C8H16N3P/c1-3-5-7(6-9)10-8(4-2)11-12/h3-5,11H,6,9,12H2,1-2H3/b5-3-,8-4+,10-7+. The molecule has 3 N–H and O–H groups in total. The second-order valence-corrected chi connectivity index (χ2v) is 2.41. The van der Waals surface area contributed by atoms with E-state index in [4.69, 9.17) is 5.73 Å². The fourth-order valence-corrected chi connectivity index (χ4v) is 0.909. The Bertz CT molecular complexity index is 206. The van der Waals surface area contributed by atoms with Crippen LogP contribution in [0.4, 0.5) is 0 Å². The van der Waals surface area contributed by atoms with Crippen molar-refractivity contribution in [1.82, 2.24) is 5.09 Å². The molecule has 0 radical (unpaired) electrons. The molecule has 3 nitrogen and oxygen atoms in total. The van der Waals surface area contributed by atoms with Crippen LogP contribution in [0.5, 0.6) is 0 Å². The molecule has 0 fully saturated rings. The highest BCUT2D eigenvalue weighted by Gasteiger charge is 1.91. The van der Waals surface area contributed by atoms with E-state index in [0.717, 1.165) is 11.5 Å². The molecule has 1 unspecified atom stereocenters. The Balaban J connectivity index is 4.46. The third-order valence-corrected chi connectivity index (χ3v) is 1.55. The SMILES string of the molecule is C\C=C/C(CN)=N\C(=C/C)NP. The van der Waals surface area contributed by atoms with Crippen LogP contribution in [0.2, 0.25) is 0 Å². The van der Waals surface area contributed by atoms with Crippen LogP contribution in [-0.4, -0.2) is 12.3 Å². The fourth-order valence-electron chi connectivity index (χ4n) is 0.678. The van der Waals surface area contributed by atoms with Gasteiger partial charge in [-0.15, -0.1) is 0 Å². The minimum Gasteiger partial charge on any atom is -0.355 e. The minimum absolute atomic E-state index is 0.452. The predicted octanol–water partition coefficient (Wildman–Crippen LogP) is 1.20. The second kappa shape index (κ2) is 7.01. The Morgan fingerprint density at radius 3 is 2.58 bits per heavy atom. The van der Waals surface area contributed by atoms with E-state index in [1.54, 1.807) is 0 Å². The Morgan fingerprint density at radius 2 is 2.25 bits per heavy atom. The summed E-state index contributed by atoms with van der Waals surface area (Å²) in [5.74, 6) is 0.804. The van der Waals surface area contributed by atoms with Crippen molar-refractivity contribution in [2.75, 3.05) is 6.54 Å². The average Bonchev–Trinajstić information content (AvgIpc) is 2.12. The van der Waals surface area contributed by atoms with Gasteiger partial charge in [0.05, 0.1) is 5.71 Å². The molecule has 12 heavy (non-hydrogen) atoms. The van der Waals surface area contributed by atoms with E-state index >= 15 is 0 Å². The molecule has 0 saturated carbocycles. The maximum Gasteiger partial charge on any atom is 0.124 e. The van der Waals surface area contributed by atoms with Crippen LogP contribution in [-0.2, 0) is 0 Å². The molecular weight excluding hydrogens is 169 g/mol. The normalized spacial score (nSPS) is 14.0. The van der Waals surface area contributed by atoms with E-state index in [0.29, 0.717) is 6.54 Å². The molecule has 4 heteroatoms. The van der Waals surface area contributed by atoms with Gasteiger partial charge in [0.15, 0.2) is 0 Å². The van der Waals surface area contributed by atoms with Gasteiger partial charge in [-0.25, -0.2) is 4.99 Å². The first-order valence-electron chi connectivity index (χ1n) is 3.81. The van der Waals surface area contributed by atoms with Gasteiger partial charge < -0.3 is 10.8 Å². The van der Waals surface area contributed by atoms with Crippen molar-refractivity contribution in [3.63, 3.8) is 0 Å². The van der Waals surface area contributed by atoms with Gasteiger partial charge in [0, 0.05) is 6.54 Å². The number of allylic oxidation sites excluding steroid dienone is 2. The van der Waals surface area contributed by atoms with Crippen molar-refractivity contribution in [2.24, 2.45) is 10.7 Å². The van der Waals surface area contributed by atoms with E-state index in [1.165, 1.54) is 0 Å². The van der Waals surface area contributed by atoms with Gasteiger partial charge in [0.25, 0.3) is 0 Å². The van der Waals surface area contributed by atoms with E-state index in [1.807, 2.05) is 32.1 Å². The van der Waals surface area contributed by atoms with Gasteiger partial charge in [-0.1, -0.05) is 6.08 Å². The molecule has 0 aromatic rings. The van der Waals surface area contributed by atoms with Crippen molar-refractivity contribution < 1.29 is 0 Å². The Kier molecular flexibility index (Phi) is 6.63. The predicted molar refractivity (Wildman–Crippen MR) is 57.9 cm³/mol. The molecule has 68 valence electrons. The van der Waals surface area contributed by atoms with Gasteiger partial charge in [-0.2, -0.15) is 0 Å². The largest absolute Gasteiger partial charge is 0.355 e. The summed E-state index contributed by atoms with van der Waals surface area (Å²) in [7, 11) is 2.40. The van der Waals surface area contributed by atoms with E-state index in [9.17, 15) is 0 Å². The first-order chi connectivity index (χ1) is 5.78. The van der Waals surface area contributed by atoms with Gasteiger partial charge in [0.2, 0.25) is 0 Å². The molecule has 0 saturated heterocycles. The Morgan fingerprint density at radius 1 is 1.58 bits per heavy atom. The first-order valence-corrected chi connectivity index (χ1v) is 4.39. The third kappa shape index (κ3) is 4.27. The highest BCUT2D eigenvalue weighted by molar-refractivity contribution is 7.14. The summed E-state index contributed by atoms with van der Waals surface area (Å²) in [6, 6.07) is 0. The van der Waals surface area contributed by atoms with Crippen molar-refractivity contribution in [3.8, 4) is 0 Å². The molecule has 1 atom stereocenters. The lowest BCUT2D eigenvalue weighted by Gasteiger charge is -2.00. The molecule has 0 aliphatic heterocycles. The van der Waals surface area contributed by atoms with Gasteiger partial charge in [-0.05, 0) is 35.4 Å². The number of rotatable bonds is 4. The number of hydrogen-bond donors (Lipinski definition) is 2. The lowest BCUT2D eigenvalue weighted by Crippen LogP contribution is -2.12. The lowest BCUT2D eigenvalue weighted by atomic mass is 10.3. The summed E-state index contributed by atoms with van der Waals surface area (Å²) in [5.41, 5.74) is 6.33. The van der Waals surface area contributed by atoms with Crippen LogP contribution >= 0.6 is 9.39 Å². The molecule has 0 heterocycles. The first kappa shape index (κ1) is 11.3. The monoisotopic (exact) mass is 185 g/mol. The van der Waals surface area contributed by atoms with Crippen molar-refractivity contribution >= 4 is 15.1 Å². The number of nitrogens with two attached hydrogens (primary N) is 1. The summed E-state index contributed by atoms with van der Waals surface area (Å²) in [6.45, 7) is 4.31. The molecule has 0 rings (SSSR count). The zero-order valence-electron chi connectivity index (χ0n) is 7.54. The zero-order chi connectivity index (χ0) is 9.40. The molecule has 0 aromatic heterocycles. The lowest BCUT2D eigenvalue weighted by molar-refractivity contribution is 1.13. The smallest absolute Gasteiger partial charge is 0.124 e. The maximum absolute atomic E-state index is 5.47. The summed E-state index contributed by atoms with van der Waals surface area (Å²) in [6.07, 6.45) is 5.69. The molecule has 0 aliphatic carbocycles. The van der Waals surface area contributed by atoms with E-state index < -0.39 is 0 Å². The maximum atomic E-state index is 5.47. The molecule has 0 aromatic carbocycles. The van der Waals surface area contributed by atoms with Gasteiger partial charge in [0.1, 0.15) is 5.82 Å². The van der Waals surface area contributed by atoms with Gasteiger partial charge in [-0.3, -0.25) is 0 Å². The van der Waals surface area contributed by atoms with Crippen LogP contribution in [0.3, 0.4) is 0 Å². The molecule has 0 spiro atoms. The minimum atomic E-state index is 0.452. The highest BCUT2D eigenvalue weighted by atomic mass is 31.0. The average molecular weight is 185 g/mol. The molecule has 0 amide bonds. The van der Waals surface area contributed by atoms with Gasteiger partial charge >= 0.3 is 0 Å². The fraction of sp³-hybridized carbons (Fsp3) is 0.375. The zero-order valence-corrected chi connectivity index (χ0v) is 8.70. The van der Waals surface area contributed by atoms with Crippen LogP contribution in [0, 0.1) is 0 Å². The van der Waals surface area contributed by atoms with E-state index in [2.05, 4.69) is 19.5 Å². The third-order valence-electron chi connectivity index (χ3n) is 1.25.